The van der Waals surface area contributed by atoms with Crippen molar-refractivity contribution in [3.8, 4) is 5.75 Å². The van der Waals surface area contributed by atoms with Crippen LogP contribution in [0.2, 0.25) is 0 Å². The van der Waals surface area contributed by atoms with Gasteiger partial charge in [0.1, 0.15) is 12.4 Å². The number of rotatable bonds is 5. The van der Waals surface area contributed by atoms with Gasteiger partial charge in [-0.05, 0) is 60.2 Å². The minimum atomic E-state index is -0.922. The van der Waals surface area contributed by atoms with Gasteiger partial charge in [-0.25, -0.2) is 4.79 Å². The number of hydrogen-bond donors (Lipinski definition) is 2. The maximum atomic E-state index is 11.9. The van der Waals surface area contributed by atoms with E-state index in [1.165, 1.54) is 5.56 Å². The van der Waals surface area contributed by atoms with Crippen LogP contribution >= 0.6 is 15.9 Å². The molecule has 32 heavy (non-hydrogen) atoms. The fourth-order valence-electron chi connectivity index (χ4n) is 4.79. The predicted octanol–water partition coefficient (Wildman–Crippen LogP) is 6.86. The Morgan fingerprint density at radius 3 is 2.59 bits per heavy atom. The van der Waals surface area contributed by atoms with Crippen molar-refractivity contribution in [2.24, 2.45) is 5.92 Å². The summed E-state index contributed by atoms with van der Waals surface area (Å²) in [5.74, 6) is 0.443. The number of nitrogens with one attached hydrogen (secondary N) is 1. The number of fused-ring (bicyclic) bond motifs is 3. The first-order chi connectivity index (χ1) is 15.5. The van der Waals surface area contributed by atoms with Crippen LogP contribution in [0.1, 0.15) is 51.0 Å². The van der Waals surface area contributed by atoms with E-state index in [0.29, 0.717) is 18.1 Å². The number of carboxylic acids is 1. The number of aromatic carboxylic acids is 1. The zero-order valence-electron chi connectivity index (χ0n) is 17.7. The molecule has 0 fully saturated rings. The molecule has 0 saturated heterocycles. The maximum absolute atomic E-state index is 11.9. The van der Waals surface area contributed by atoms with Gasteiger partial charge in [0.05, 0.1) is 17.3 Å². The van der Waals surface area contributed by atoms with Gasteiger partial charge in [-0.2, -0.15) is 0 Å². The number of aryl methyl sites for hydroxylation is 1. The molecule has 0 spiro atoms. The van der Waals surface area contributed by atoms with Crippen molar-refractivity contribution in [2.75, 3.05) is 5.32 Å². The van der Waals surface area contributed by atoms with Crippen molar-refractivity contribution in [3.63, 3.8) is 0 Å². The van der Waals surface area contributed by atoms with Crippen LogP contribution in [0.15, 0.2) is 77.3 Å². The summed E-state index contributed by atoms with van der Waals surface area (Å²) >= 11 is 3.48. The van der Waals surface area contributed by atoms with E-state index in [4.69, 9.17) is 4.74 Å². The highest BCUT2D eigenvalue weighted by molar-refractivity contribution is 9.10. The summed E-state index contributed by atoms with van der Waals surface area (Å²) in [6.45, 7) is 2.60. The molecular formula is C27H24BrNO3. The zero-order chi connectivity index (χ0) is 22.2. The van der Waals surface area contributed by atoms with Crippen molar-refractivity contribution < 1.29 is 14.6 Å². The largest absolute Gasteiger partial charge is 0.489 e. The number of halogens is 1. The lowest BCUT2D eigenvalue weighted by Crippen LogP contribution is -2.30. The fraction of sp³-hybridized carbons (Fsp3) is 0.222. The predicted molar refractivity (Wildman–Crippen MR) is 129 cm³/mol. The molecule has 0 aromatic heterocycles. The summed E-state index contributed by atoms with van der Waals surface area (Å²) in [4.78, 5) is 11.9. The minimum Gasteiger partial charge on any atom is -0.489 e. The average molecular weight is 490 g/mol. The Hall–Kier alpha value is -3.05. The summed E-state index contributed by atoms with van der Waals surface area (Å²) in [5.41, 5.74) is 5.57. The average Bonchev–Trinajstić information content (AvgIpc) is 3.28. The Morgan fingerprint density at radius 1 is 1.12 bits per heavy atom. The van der Waals surface area contributed by atoms with Crippen LogP contribution in [0.4, 0.5) is 5.69 Å². The number of ether oxygens (including phenoxy) is 1. The van der Waals surface area contributed by atoms with E-state index in [9.17, 15) is 9.90 Å². The number of benzene rings is 3. The zero-order valence-corrected chi connectivity index (χ0v) is 19.3. The molecule has 5 heteroatoms. The molecule has 5 rings (SSSR count). The third-order valence-corrected chi connectivity index (χ3v) is 6.89. The summed E-state index contributed by atoms with van der Waals surface area (Å²) in [7, 11) is 0. The second kappa shape index (κ2) is 8.47. The van der Waals surface area contributed by atoms with Crippen LogP contribution in [0, 0.1) is 12.8 Å². The van der Waals surface area contributed by atoms with Gasteiger partial charge in [-0.1, -0.05) is 70.0 Å². The molecule has 0 bridgehead atoms. The lowest BCUT2D eigenvalue weighted by molar-refractivity contribution is 0.0697. The number of anilines is 1. The molecule has 1 heterocycles. The van der Waals surface area contributed by atoms with E-state index in [-0.39, 0.29) is 12.0 Å². The first-order valence-electron chi connectivity index (χ1n) is 10.8. The highest BCUT2D eigenvalue weighted by Crippen LogP contribution is 2.51. The topological polar surface area (TPSA) is 58.6 Å². The van der Waals surface area contributed by atoms with E-state index < -0.39 is 5.97 Å². The van der Waals surface area contributed by atoms with Gasteiger partial charge in [0.15, 0.2) is 0 Å². The Bertz CT molecular complexity index is 1180. The van der Waals surface area contributed by atoms with Gasteiger partial charge < -0.3 is 15.2 Å². The molecule has 3 aromatic rings. The van der Waals surface area contributed by atoms with Crippen LogP contribution in [0.5, 0.6) is 5.75 Å². The third kappa shape index (κ3) is 3.93. The first kappa shape index (κ1) is 20.8. The molecule has 0 saturated carbocycles. The highest BCUT2D eigenvalue weighted by Gasteiger charge is 2.39. The number of carboxylic acid groups (broad SMARTS) is 1. The molecule has 4 nitrogen and oxygen atoms in total. The molecule has 2 N–H and O–H groups in total. The highest BCUT2D eigenvalue weighted by atomic mass is 79.9. The van der Waals surface area contributed by atoms with Crippen LogP contribution in [-0.4, -0.2) is 11.1 Å². The van der Waals surface area contributed by atoms with Gasteiger partial charge in [-0.3, -0.25) is 0 Å². The minimum absolute atomic E-state index is 0.0351. The Kier molecular flexibility index (Phi) is 5.51. The van der Waals surface area contributed by atoms with Crippen LogP contribution < -0.4 is 10.1 Å². The summed E-state index contributed by atoms with van der Waals surface area (Å²) in [5, 5.41) is 13.3. The number of carbonyl (C=O) groups is 1. The van der Waals surface area contributed by atoms with E-state index in [2.05, 4.69) is 76.7 Å². The molecule has 1 aliphatic heterocycles. The first-order valence-corrected chi connectivity index (χ1v) is 11.6. The number of hydrogen-bond acceptors (Lipinski definition) is 3. The molecule has 162 valence electrons. The van der Waals surface area contributed by atoms with E-state index >= 15 is 0 Å². The van der Waals surface area contributed by atoms with Gasteiger partial charge in [0.25, 0.3) is 0 Å². The Labute approximate surface area is 196 Å². The summed E-state index contributed by atoms with van der Waals surface area (Å²) in [6.07, 6.45) is 5.39. The summed E-state index contributed by atoms with van der Waals surface area (Å²) in [6, 6.07) is 20.3. The van der Waals surface area contributed by atoms with Gasteiger partial charge in [0, 0.05) is 10.4 Å². The van der Waals surface area contributed by atoms with E-state index in [1.54, 1.807) is 6.07 Å². The molecular weight excluding hydrogens is 466 g/mol. The Morgan fingerprint density at radius 2 is 1.88 bits per heavy atom. The number of allylic oxidation sites excluding steroid dienone is 2. The van der Waals surface area contributed by atoms with Crippen molar-refractivity contribution in [2.45, 2.75) is 31.9 Å². The smallest absolute Gasteiger partial charge is 0.337 e. The molecule has 3 atom stereocenters. The second-order valence-corrected chi connectivity index (χ2v) is 9.46. The molecule has 0 amide bonds. The second-order valence-electron chi connectivity index (χ2n) is 8.54. The fourth-order valence-corrected chi connectivity index (χ4v) is 5.26. The van der Waals surface area contributed by atoms with E-state index in [0.717, 1.165) is 39.0 Å². The summed E-state index contributed by atoms with van der Waals surface area (Å²) < 4.78 is 6.76. The normalized spacial score (nSPS) is 20.9. The lowest BCUT2D eigenvalue weighted by atomic mass is 9.76. The van der Waals surface area contributed by atoms with Crippen molar-refractivity contribution in [1.82, 2.24) is 0 Å². The van der Waals surface area contributed by atoms with Crippen LogP contribution in [0.3, 0.4) is 0 Å². The van der Waals surface area contributed by atoms with Crippen molar-refractivity contribution >= 4 is 27.6 Å². The van der Waals surface area contributed by atoms with Gasteiger partial charge in [-0.15, -0.1) is 0 Å². The molecule has 2 aliphatic rings. The molecule has 1 aliphatic carbocycles. The standard InChI is InChI=1S/C27H24BrNO3/c1-16-5-7-17(8-6-16)15-32-20-11-9-18(10-12-20)25-22-4-2-3-21(22)23-13-19(28)14-24(27(30)31)26(23)29-25/h2-3,5-14,21-22,25,29H,4,15H2,1H3,(H,30,31)/t21-,22+,25+/m1/s1. The molecule has 0 radical (unpaired) electrons. The molecule has 0 unspecified atom stereocenters. The van der Waals surface area contributed by atoms with Crippen molar-refractivity contribution in [3.05, 3.63) is 105 Å². The monoisotopic (exact) mass is 489 g/mol. The van der Waals surface area contributed by atoms with Crippen LogP contribution in [0.25, 0.3) is 0 Å². The quantitative estimate of drug-likeness (QED) is 0.384. The molecule has 3 aromatic carbocycles. The SMILES string of the molecule is Cc1ccc(COc2ccc([C@@H]3Nc4c(C(=O)O)cc(Br)cc4[C@@H]4C=CC[C@@H]43)cc2)cc1. The van der Waals surface area contributed by atoms with Gasteiger partial charge >= 0.3 is 5.97 Å². The Balaban J connectivity index is 1.39. The van der Waals surface area contributed by atoms with E-state index in [1.807, 2.05) is 18.2 Å². The van der Waals surface area contributed by atoms with Crippen molar-refractivity contribution in [1.29, 1.82) is 0 Å². The van der Waals surface area contributed by atoms with Gasteiger partial charge in [0.2, 0.25) is 0 Å². The lowest BCUT2D eigenvalue weighted by Gasteiger charge is -2.38. The van der Waals surface area contributed by atoms with Crippen LogP contribution in [-0.2, 0) is 6.61 Å². The third-order valence-electron chi connectivity index (χ3n) is 6.43. The maximum Gasteiger partial charge on any atom is 0.337 e.